The lowest BCUT2D eigenvalue weighted by molar-refractivity contribution is 0.0697. The summed E-state index contributed by atoms with van der Waals surface area (Å²) in [4.78, 5) is 11.0. The van der Waals surface area contributed by atoms with Crippen molar-refractivity contribution < 1.29 is 9.90 Å². The lowest BCUT2D eigenvalue weighted by Gasteiger charge is -2.16. The van der Waals surface area contributed by atoms with Gasteiger partial charge in [0.2, 0.25) is 0 Å². The van der Waals surface area contributed by atoms with Gasteiger partial charge in [0.15, 0.2) is 0 Å². The molecule has 0 aliphatic carbocycles. The number of anilines is 1. The van der Waals surface area contributed by atoms with Gasteiger partial charge in [-0.25, -0.2) is 4.79 Å². The van der Waals surface area contributed by atoms with Crippen LogP contribution in [0.5, 0.6) is 0 Å². The summed E-state index contributed by atoms with van der Waals surface area (Å²) in [6.07, 6.45) is 0. The first-order valence-corrected chi connectivity index (χ1v) is 6.65. The van der Waals surface area contributed by atoms with Crippen LogP contribution in [0, 0.1) is 6.92 Å². The minimum Gasteiger partial charge on any atom is -0.478 e. The monoisotopic (exact) mass is 261 g/mol. The first kappa shape index (κ1) is 12.6. The SMILES string of the molecule is Cc1ccc(C(=O)O)cc1NC(C)c1ccsc1. The van der Waals surface area contributed by atoms with E-state index < -0.39 is 5.97 Å². The molecule has 0 bridgehead atoms. The minimum absolute atomic E-state index is 0.166. The number of hydrogen-bond donors (Lipinski definition) is 2. The Balaban J connectivity index is 2.23. The normalized spacial score (nSPS) is 12.1. The smallest absolute Gasteiger partial charge is 0.335 e. The molecular weight excluding hydrogens is 246 g/mol. The fourth-order valence-electron chi connectivity index (χ4n) is 1.75. The molecule has 3 nitrogen and oxygen atoms in total. The molecule has 0 radical (unpaired) electrons. The van der Waals surface area contributed by atoms with Crippen molar-refractivity contribution in [2.75, 3.05) is 5.32 Å². The van der Waals surface area contributed by atoms with Crippen molar-refractivity contribution in [2.45, 2.75) is 19.9 Å². The van der Waals surface area contributed by atoms with E-state index in [1.54, 1.807) is 23.5 Å². The number of carboxylic acids is 1. The average molecular weight is 261 g/mol. The van der Waals surface area contributed by atoms with E-state index in [-0.39, 0.29) is 6.04 Å². The van der Waals surface area contributed by atoms with Gasteiger partial charge in [-0.15, -0.1) is 0 Å². The van der Waals surface area contributed by atoms with E-state index in [1.165, 1.54) is 5.56 Å². The molecule has 1 atom stereocenters. The summed E-state index contributed by atoms with van der Waals surface area (Å²) in [5.41, 5.74) is 3.43. The maximum atomic E-state index is 11.0. The highest BCUT2D eigenvalue weighted by Gasteiger charge is 2.10. The highest BCUT2D eigenvalue weighted by molar-refractivity contribution is 7.07. The van der Waals surface area contributed by atoms with Crippen LogP contribution in [0.25, 0.3) is 0 Å². The third-order valence-corrected chi connectivity index (χ3v) is 3.60. The Labute approximate surface area is 110 Å². The topological polar surface area (TPSA) is 49.3 Å². The molecule has 94 valence electrons. The van der Waals surface area contributed by atoms with Gasteiger partial charge in [-0.3, -0.25) is 0 Å². The van der Waals surface area contributed by atoms with Gasteiger partial charge in [-0.05, 0) is 53.9 Å². The maximum absolute atomic E-state index is 11.0. The van der Waals surface area contributed by atoms with Crippen LogP contribution in [-0.4, -0.2) is 11.1 Å². The van der Waals surface area contributed by atoms with Gasteiger partial charge in [0.05, 0.1) is 5.56 Å². The molecule has 0 saturated carbocycles. The Bertz CT molecular complexity index is 549. The summed E-state index contributed by atoms with van der Waals surface area (Å²) in [5.74, 6) is -0.902. The molecule has 1 heterocycles. The van der Waals surface area contributed by atoms with Crippen molar-refractivity contribution in [3.8, 4) is 0 Å². The number of nitrogens with one attached hydrogen (secondary N) is 1. The molecule has 1 aromatic heterocycles. The Morgan fingerprint density at radius 2 is 2.17 bits per heavy atom. The van der Waals surface area contributed by atoms with Gasteiger partial charge in [0.25, 0.3) is 0 Å². The van der Waals surface area contributed by atoms with Crippen LogP contribution in [0.15, 0.2) is 35.0 Å². The van der Waals surface area contributed by atoms with E-state index in [9.17, 15) is 4.79 Å². The molecule has 0 aliphatic rings. The number of aryl methyl sites for hydroxylation is 1. The van der Waals surface area contributed by atoms with E-state index in [1.807, 2.05) is 18.4 Å². The van der Waals surface area contributed by atoms with Crippen LogP contribution >= 0.6 is 11.3 Å². The quantitative estimate of drug-likeness (QED) is 0.876. The lowest BCUT2D eigenvalue weighted by atomic mass is 10.1. The van der Waals surface area contributed by atoms with E-state index in [0.29, 0.717) is 5.56 Å². The van der Waals surface area contributed by atoms with Crippen LogP contribution in [0.2, 0.25) is 0 Å². The molecule has 4 heteroatoms. The van der Waals surface area contributed by atoms with E-state index in [4.69, 9.17) is 5.11 Å². The number of aromatic carboxylic acids is 1. The molecular formula is C14H15NO2S. The molecule has 18 heavy (non-hydrogen) atoms. The molecule has 1 aromatic carbocycles. The fourth-order valence-corrected chi connectivity index (χ4v) is 2.50. The molecule has 0 saturated heterocycles. The first-order valence-electron chi connectivity index (χ1n) is 5.70. The van der Waals surface area contributed by atoms with Crippen LogP contribution in [0.4, 0.5) is 5.69 Å². The highest BCUT2D eigenvalue weighted by atomic mass is 32.1. The third kappa shape index (κ3) is 2.71. The standard InChI is InChI=1S/C14H15NO2S/c1-9-3-4-11(14(16)17)7-13(9)15-10(2)12-5-6-18-8-12/h3-8,10,15H,1-2H3,(H,16,17). The average Bonchev–Trinajstić information content (AvgIpc) is 2.85. The van der Waals surface area contributed by atoms with Crippen molar-refractivity contribution in [1.82, 2.24) is 0 Å². The number of benzene rings is 1. The van der Waals surface area contributed by atoms with E-state index in [2.05, 4.69) is 23.7 Å². The van der Waals surface area contributed by atoms with Gasteiger partial charge in [-0.1, -0.05) is 6.07 Å². The minimum atomic E-state index is -0.902. The number of carbonyl (C=O) groups is 1. The molecule has 0 amide bonds. The highest BCUT2D eigenvalue weighted by Crippen LogP contribution is 2.24. The summed E-state index contributed by atoms with van der Waals surface area (Å²) in [5, 5.41) is 16.5. The summed E-state index contributed by atoms with van der Waals surface area (Å²) in [6, 6.07) is 7.36. The molecule has 0 aliphatic heterocycles. The van der Waals surface area contributed by atoms with Crippen LogP contribution in [-0.2, 0) is 0 Å². The van der Waals surface area contributed by atoms with Crippen LogP contribution in [0.3, 0.4) is 0 Å². The van der Waals surface area contributed by atoms with Crippen molar-refractivity contribution in [3.63, 3.8) is 0 Å². The Kier molecular flexibility index (Phi) is 3.67. The molecule has 2 rings (SSSR count). The Morgan fingerprint density at radius 1 is 1.39 bits per heavy atom. The van der Waals surface area contributed by atoms with Gasteiger partial charge >= 0.3 is 5.97 Å². The van der Waals surface area contributed by atoms with Gasteiger partial charge in [0.1, 0.15) is 0 Å². The van der Waals surface area contributed by atoms with Crippen molar-refractivity contribution in [3.05, 3.63) is 51.7 Å². The Morgan fingerprint density at radius 3 is 2.78 bits per heavy atom. The summed E-state index contributed by atoms with van der Waals surface area (Å²) in [7, 11) is 0. The number of carboxylic acid groups (broad SMARTS) is 1. The third-order valence-electron chi connectivity index (χ3n) is 2.90. The number of thiophene rings is 1. The molecule has 1 unspecified atom stereocenters. The fraction of sp³-hybridized carbons (Fsp3) is 0.214. The van der Waals surface area contributed by atoms with Gasteiger partial charge < -0.3 is 10.4 Å². The molecule has 0 spiro atoms. The molecule has 2 aromatic rings. The van der Waals surface area contributed by atoms with Gasteiger partial charge in [0, 0.05) is 11.7 Å². The van der Waals surface area contributed by atoms with Crippen molar-refractivity contribution in [2.24, 2.45) is 0 Å². The van der Waals surface area contributed by atoms with Crippen LogP contribution in [0.1, 0.15) is 34.5 Å². The van der Waals surface area contributed by atoms with Crippen molar-refractivity contribution in [1.29, 1.82) is 0 Å². The molecule has 0 fully saturated rings. The van der Waals surface area contributed by atoms with Gasteiger partial charge in [-0.2, -0.15) is 11.3 Å². The second-order valence-corrected chi connectivity index (χ2v) is 5.04. The maximum Gasteiger partial charge on any atom is 0.335 e. The summed E-state index contributed by atoms with van der Waals surface area (Å²) >= 11 is 1.66. The molecule has 2 N–H and O–H groups in total. The second kappa shape index (κ2) is 5.23. The second-order valence-electron chi connectivity index (χ2n) is 4.26. The predicted octanol–water partition coefficient (Wildman–Crippen LogP) is 3.93. The zero-order valence-electron chi connectivity index (χ0n) is 10.3. The zero-order valence-corrected chi connectivity index (χ0v) is 11.1. The zero-order chi connectivity index (χ0) is 13.1. The lowest BCUT2D eigenvalue weighted by Crippen LogP contribution is -2.08. The van der Waals surface area contributed by atoms with E-state index >= 15 is 0 Å². The Hall–Kier alpha value is -1.81. The number of hydrogen-bond acceptors (Lipinski definition) is 3. The first-order chi connectivity index (χ1) is 8.58. The summed E-state index contributed by atoms with van der Waals surface area (Å²) in [6.45, 7) is 4.03. The summed E-state index contributed by atoms with van der Waals surface area (Å²) < 4.78 is 0. The number of rotatable bonds is 4. The predicted molar refractivity (Wildman–Crippen MR) is 74.5 cm³/mol. The van der Waals surface area contributed by atoms with Crippen LogP contribution < -0.4 is 5.32 Å². The van der Waals surface area contributed by atoms with E-state index in [0.717, 1.165) is 11.3 Å². The van der Waals surface area contributed by atoms with Crippen molar-refractivity contribution >= 4 is 23.0 Å². The largest absolute Gasteiger partial charge is 0.478 e.